The number of halogens is 1. The maximum absolute atomic E-state index is 11.8. The Morgan fingerprint density at radius 1 is 1.21 bits per heavy atom. The molecule has 2 rings (SSSR count). The van der Waals surface area contributed by atoms with Crippen molar-refractivity contribution in [2.75, 3.05) is 13.7 Å². The van der Waals surface area contributed by atoms with Crippen LogP contribution in [0.25, 0.3) is 0 Å². The molecular formula is C17H15BrN2O4. The lowest BCUT2D eigenvalue weighted by Crippen LogP contribution is -2.25. The van der Waals surface area contributed by atoms with Crippen LogP contribution >= 0.6 is 15.9 Å². The van der Waals surface area contributed by atoms with Crippen LogP contribution in [0.5, 0.6) is 11.5 Å². The average molecular weight is 391 g/mol. The Bertz CT molecular complexity index is 748. The minimum absolute atomic E-state index is 0.234. The maximum Gasteiger partial charge on any atom is 0.277 e. The fourth-order valence-corrected chi connectivity index (χ4v) is 2.21. The molecule has 1 amide bonds. The first-order valence-electron chi connectivity index (χ1n) is 6.98. The van der Waals surface area contributed by atoms with Gasteiger partial charge in [-0.2, -0.15) is 5.10 Å². The molecule has 0 saturated heterocycles. The molecule has 0 bridgehead atoms. The second-order valence-corrected chi connectivity index (χ2v) is 5.46. The summed E-state index contributed by atoms with van der Waals surface area (Å²) in [5.74, 6) is 0.391. The van der Waals surface area contributed by atoms with E-state index in [1.807, 2.05) is 6.07 Å². The van der Waals surface area contributed by atoms with E-state index >= 15 is 0 Å². The van der Waals surface area contributed by atoms with Gasteiger partial charge in [-0.3, -0.25) is 9.59 Å². The van der Waals surface area contributed by atoms with Gasteiger partial charge in [-0.1, -0.05) is 30.3 Å². The summed E-state index contributed by atoms with van der Waals surface area (Å²) in [5, 5.41) is 3.62. The zero-order chi connectivity index (χ0) is 17.4. The summed E-state index contributed by atoms with van der Waals surface area (Å²) in [6.07, 6.45) is 1.05. The molecule has 0 heterocycles. The number of rotatable bonds is 7. The van der Waals surface area contributed by atoms with Crippen molar-refractivity contribution in [3.8, 4) is 11.5 Å². The number of methoxy groups -OCH3 is 1. The quantitative estimate of drug-likeness (QED) is 0.447. The van der Waals surface area contributed by atoms with Crippen molar-refractivity contribution < 1.29 is 19.1 Å². The van der Waals surface area contributed by atoms with E-state index in [0.717, 1.165) is 6.21 Å². The fraction of sp³-hybridized carbons (Fsp3) is 0.118. The molecule has 0 aromatic heterocycles. The molecule has 0 aliphatic carbocycles. The number of ketones is 1. The summed E-state index contributed by atoms with van der Waals surface area (Å²) >= 11 is 3.32. The van der Waals surface area contributed by atoms with E-state index in [9.17, 15) is 9.59 Å². The molecule has 2 aromatic rings. The summed E-state index contributed by atoms with van der Waals surface area (Å²) in [4.78, 5) is 23.4. The molecule has 0 spiro atoms. The molecule has 0 aliphatic heterocycles. The fourth-order valence-electron chi connectivity index (χ4n) is 1.74. The van der Waals surface area contributed by atoms with Crippen molar-refractivity contribution in [2.24, 2.45) is 5.10 Å². The monoisotopic (exact) mass is 390 g/mol. The first-order chi connectivity index (χ1) is 11.6. The van der Waals surface area contributed by atoms with E-state index in [2.05, 4.69) is 26.5 Å². The predicted molar refractivity (Wildman–Crippen MR) is 93.6 cm³/mol. The number of nitrogens with zero attached hydrogens (tertiary/aromatic N) is 1. The maximum atomic E-state index is 11.8. The van der Waals surface area contributed by atoms with Gasteiger partial charge in [-0.25, -0.2) is 5.43 Å². The Hall–Kier alpha value is -2.67. The standard InChI is InChI=1S/C17H15BrN2O4/c1-23-13-7-8-16(14(18)9-13)24-11-17(22)20-19-10-15(21)12-5-3-2-4-6-12/h2-10H,11H2,1H3,(H,20,22). The minimum atomic E-state index is -0.477. The number of carbonyl (C=O) groups excluding carboxylic acids is 2. The van der Waals surface area contributed by atoms with Crippen LogP contribution in [-0.4, -0.2) is 31.6 Å². The van der Waals surface area contributed by atoms with Gasteiger partial charge in [0.25, 0.3) is 5.91 Å². The Morgan fingerprint density at radius 2 is 1.96 bits per heavy atom. The molecule has 1 N–H and O–H groups in total. The van der Waals surface area contributed by atoms with E-state index in [-0.39, 0.29) is 12.4 Å². The van der Waals surface area contributed by atoms with Gasteiger partial charge >= 0.3 is 0 Å². The zero-order valence-electron chi connectivity index (χ0n) is 12.9. The van der Waals surface area contributed by atoms with Gasteiger partial charge in [-0.05, 0) is 34.1 Å². The van der Waals surface area contributed by atoms with Crippen molar-refractivity contribution in [1.29, 1.82) is 0 Å². The van der Waals surface area contributed by atoms with E-state index in [1.54, 1.807) is 49.6 Å². The number of nitrogens with one attached hydrogen (secondary N) is 1. The molecule has 0 unspecified atom stereocenters. The molecule has 7 heteroatoms. The van der Waals surface area contributed by atoms with E-state index in [0.29, 0.717) is 21.5 Å². The molecule has 0 atom stereocenters. The third kappa shape index (κ3) is 5.20. The van der Waals surface area contributed by atoms with Gasteiger partial charge < -0.3 is 9.47 Å². The average Bonchev–Trinajstić information content (AvgIpc) is 2.61. The third-order valence-electron chi connectivity index (χ3n) is 2.93. The van der Waals surface area contributed by atoms with Crippen molar-refractivity contribution in [3.63, 3.8) is 0 Å². The third-order valence-corrected chi connectivity index (χ3v) is 3.55. The molecule has 0 aliphatic rings. The number of ether oxygens (including phenoxy) is 2. The number of amides is 1. The highest BCUT2D eigenvalue weighted by Crippen LogP contribution is 2.28. The lowest BCUT2D eigenvalue weighted by molar-refractivity contribution is -0.123. The molecular weight excluding hydrogens is 376 g/mol. The van der Waals surface area contributed by atoms with E-state index < -0.39 is 5.91 Å². The second kappa shape index (κ2) is 8.83. The summed E-state index contributed by atoms with van der Waals surface area (Å²) in [6, 6.07) is 13.8. The highest BCUT2D eigenvalue weighted by Gasteiger charge is 2.07. The number of hydrogen-bond acceptors (Lipinski definition) is 5. The van der Waals surface area contributed by atoms with Crippen molar-refractivity contribution in [3.05, 3.63) is 58.6 Å². The number of hydrazone groups is 1. The molecule has 0 radical (unpaired) electrons. The zero-order valence-corrected chi connectivity index (χ0v) is 14.4. The Kier molecular flexibility index (Phi) is 6.51. The highest BCUT2D eigenvalue weighted by molar-refractivity contribution is 9.10. The van der Waals surface area contributed by atoms with Crippen LogP contribution < -0.4 is 14.9 Å². The summed E-state index contributed by atoms with van der Waals surface area (Å²) in [6.45, 7) is -0.234. The van der Waals surface area contributed by atoms with Crippen LogP contribution in [0.1, 0.15) is 10.4 Å². The highest BCUT2D eigenvalue weighted by atomic mass is 79.9. The van der Waals surface area contributed by atoms with E-state index in [1.165, 1.54) is 0 Å². The van der Waals surface area contributed by atoms with Crippen LogP contribution in [0.15, 0.2) is 58.1 Å². The van der Waals surface area contributed by atoms with Crippen LogP contribution in [-0.2, 0) is 4.79 Å². The Balaban J connectivity index is 1.81. The van der Waals surface area contributed by atoms with Gasteiger partial charge in [0.15, 0.2) is 6.61 Å². The molecule has 0 saturated carbocycles. The lowest BCUT2D eigenvalue weighted by Gasteiger charge is -2.08. The lowest BCUT2D eigenvalue weighted by atomic mass is 10.1. The van der Waals surface area contributed by atoms with Crippen LogP contribution in [0.2, 0.25) is 0 Å². The predicted octanol–water partition coefficient (Wildman–Crippen LogP) is 2.82. The smallest absolute Gasteiger partial charge is 0.277 e. The number of benzene rings is 2. The SMILES string of the molecule is COc1ccc(OCC(=O)NN=CC(=O)c2ccccc2)c(Br)c1. The summed E-state index contributed by atoms with van der Waals surface area (Å²) < 4.78 is 11.1. The van der Waals surface area contributed by atoms with E-state index in [4.69, 9.17) is 9.47 Å². The molecule has 2 aromatic carbocycles. The van der Waals surface area contributed by atoms with Crippen LogP contribution in [0.4, 0.5) is 0 Å². The number of Topliss-reactive ketones (excluding diaryl/α,β-unsaturated/α-hetero) is 1. The normalized spacial score (nSPS) is 10.4. The minimum Gasteiger partial charge on any atom is -0.497 e. The van der Waals surface area contributed by atoms with Gasteiger partial charge in [-0.15, -0.1) is 0 Å². The van der Waals surface area contributed by atoms with Gasteiger partial charge in [0, 0.05) is 5.56 Å². The number of carbonyl (C=O) groups is 2. The largest absolute Gasteiger partial charge is 0.497 e. The van der Waals surface area contributed by atoms with Gasteiger partial charge in [0.1, 0.15) is 11.5 Å². The van der Waals surface area contributed by atoms with Crippen molar-refractivity contribution >= 4 is 33.8 Å². The number of hydrogen-bond donors (Lipinski definition) is 1. The molecule has 0 fully saturated rings. The second-order valence-electron chi connectivity index (χ2n) is 4.61. The van der Waals surface area contributed by atoms with Crippen molar-refractivity contribution in [1.82, 2.24) is 5.43 Å². The molecule has 124 valence electrons. The van der Waals surface area contributed by atoms with Gasteiger partial charge in [0.2, 0.25) is 5.78 Å². The Labute approximate surface area is 147 Å². The first kappa shape index (κ1) is 17.7. The topological polar surface area (TPSA) is 77.0 Å². The summed E-state index contributed by atoms with van der Waals surface area (Å²) in [5.41, 5.74) is 2.73. The van der Waals surface area contributed by atoms with Crippen LogP contribution in [0.3, 0.4) is 0 Å². The molecule has 6 nitrogen and oxygen atoms in total. The van der Waals surface area contributed by atoms with Gasteiger partial charge in [0.05, 0.1) is 17.8 Å². The van der Waals surface area contributed by atoms with Crippen LogP contribution in [0, 0.1) is 0 Å². The molecule has 24 heavy (non-hydrogen) atoms. The van der Waals surface area contributed by atoms with Crippen molar-refractivity contribution in [2.45, 2.75) is 0 Å². The summed E-state index contributed by atoms with van der Waals surface area (Å²) in [7, 11) is 1.56. The first-order valence-corrected chi connectivity index (χ1v) is 7.77. The Morgan fingerprint density at radius 3 is 2.62 bits per heavy atom.